The summed E-state index contributed by atoms with van der Waals surface area (Å²) in [4.78, 5) is 10.2. The number of pyridine rings is 1. The molecule has 2 heterocycles. The summed E-state index contributed by atoms with van der Waals surface area (Å²) in [5, 5.41) is 11.8. The Kier molecular flexibility index (Phi) is 4.55. The van der Waals surface area contributed by atoms with E-state index < -0.39 is 0 Å². The monoisotopic (exact) mass is 369 g/mol. The van der Waals surface area contributed by atoms with E-state index in [0.717, 1.165) is 32.2 Å². The van der Waals surface area contributed by atoms with Crippen molar-refractivity contribution in [1.82, 2.24) is 14.5 Å². The van der Waals surface area contributed by atoms with Gasteiger partial charge in [0.2, 0.25) is 0 Å². The molecule has 0 aliphatic carbocycles. The molecular weight excluding hydrogens is 342 g/mol. The largest absolute Gasteiger partial charge is 0.507 e. The van der Waals surface area contributed by atoms with E-state index in [1.165, 1.54) is 0 Å². The lowest BCUT2D eigenvalue weighted by atomic mass is 9.79. The fraction of sp³-hybridized carbons (Fsp3) is 0.429. The van der Waals surface area contributed by atoms with Crippen molar-refractivity contribution in [3.63, 3.8) is 0 Å². The van der Waals surface area contributed by atoms with Crippen LogP contribution in [0.4, 0.5) is 0 Å². The molecule has 4 nitrogen and oxygen atoms in total. The van der Waals surface area contributed by atoms with Crippen LogP contribution in [-0.2, 0) is 17.9 Å². The van der Waals surface area contributed by atoms with E-state index in [9.17, 15) is 5.11 Å². The van der Waals surface area contributed by atoms with Gasteiger partial charge < -0.3 is 9.67 Å². The normalized spacial score (nSPS) is 12.7. The van der Waals surface area contributed by atoms with Crippen molar-refractivity contribution in [2.75, 3.05) is 0 Å². The molecule has 5 heteroatoms. The summed E-state index contributed by atoms with van der Waals surface area (Å²) in [6.45, 7) is 12.8. The lowest BCUT2D eigenvalue weighted by molar-refractivity contribution is 0.422. The molecule has 3 aromatic rings. The van der Waals surface area contributed by atoms with E-state index in [4.69, 9.17) is 4.98 Å². The third-order valence-corrected chi connectivity index (χ3v) is 5.36. The first-order valence-corrected chi connectivity index (χ1v) is 9.62. The van der Waals surface area contributed by atoms with Crippen molar-refractivity contribution in [1.29, 1.82) is 0 Å². The fourth-order valence-electron chi connectivity index (χ4n) is 2.98. The minimum Gasteiger partial charge on any atom is -0.507 e. The number of phenols is 1. The summed E-state index contributed by atoms with van der Waals surface area (Å²) in [6, 6.07) is 8.18. The van der Waals surface area contributed by atoms with Gasteiger partial charge in [-0.25, -0.2) is 9.97 Å². The van der Waals surface area contributed by atoms with Gasteiger partial charge in [0.05, 0.1) is 6.33 Å². The zero-order chi connectivity index (χ0) is 19.3. The van der Waals surface area contributed by atoms with Gasteiger partial charge in [-0.1, -0.05) is 53.3 Å². The Bertz CT molecular complexity index is 927. The maximum Gasteiger partial charge on any atom is 0.160 e. The van der Waals surface area contributed by atoms with E-state index in [0.29, 0.717) is 5.75 Å². The highest BCUT2D eigenvalue weighted by atomic mass is 32.2. The molecule has 0 fully saturated rings. The molecule has 0 bridgehead atoms. The number of hydrogen-bond acceptors (Lipinski definition) is 4. The lowest BCUT2D eigenvalue weighted by Gasteiger charge is -2.28. The predicted octanol–water partition coefficient (Wildman–Crippen LogP) is 5.42. The van der Waals surface area contributed by atoms with Crippen molar-refractivity contribution in [3.8, 4) is 5.75 Å². The summed E-state index contributed by atoms with van der Waals surface area (Å²) >= 11 is 1.62. The molecule has 1 aromatic carbocycles. The van der Waals surface area contributed by atoms with Crippen molar-refractivity contribution in [2.45, 2.75) is 62.3 Å². The summed E-state index contributed by atoms with van der Waals surface area (Å²) in [7, 11) is 1.95. The highest BCUT2D eigenvalue weighted by Gasteiger charge is 2.26. The summed E-state index contributed by atoms with van der Waals surface area (Å²) in [6.07, 6.45) is 1.78. The number of rotatable bonds is 2. The van der Waals surface area contributed by atoms with Crippen LogP contribution < -0.4 is 0 Å². The molecule has 2 aromatic heterocycles. The predicted molar refractivity (Wildman–Crippen MR) is 108 cm³/mol. The quantitative estimate of drug-likeness (QED) is 0.655. The third kappa shape index (κ3) is 3.58. The second-order valence-corrected chi connectivity index (χ2v) is 9.91. The molecule has 0 saturated heterocycles. The van der Waals surface area contributed by atoms with Crippen LogP contribution in [-0.4, -0.2) is 19.6 Å². The van der Waals surface area contributed by atoms with Crippen LogP contribution in [0, 0.1) is 0 Å². The minimum atomic E-state index is -0.139. The number of benzene rings is 1. The highest BCUT2D eigenvalue weighted by molar-refractivity contribution is 7.99. The van der Waals surface area contributed by atoms with Gasteiger partial charge in [0.1, 0.15) is 16.3 Å². The average molecular weight is 370 g/mol. The van der Waals surface area contributed by atoms with Gasteiger partial charge in [0.15, 0.2) is 5.65 Å². The number of aromatic hydroxyl groups is 1. The molecule has 0 spiro atoms. The van der Waals surface area contributed by atoms with Crippen molar-refractivity contribution < 1.29 is 5.11 Å². The molecule has 0 atom stereocenters. The number of nitrogens with zero attached hydrogens (tertiary/aromatic N) is 3. The number of fused-ring (bicyclic) bond motifs is 1. The van der Waals surface area contributed by atoms with Crippen LogP contribution >= 0.6 is 11.8 Å². The molecule has 0 amide bonds. The maximum absolute atomic E-state index is 10.9. The topological polar surface area (TPSA) is 50.9 Å². The Morgan fingerprint density at radius 1 is 0.962 bits per heavy atom. The van der Waals surface area contributed by atoms with Gasteiger partial charge in [-0.05, 0) is 35.1 Å². The first kappa shape index (κ1) is 18.8. The number of aromatic nitrogens is 3. The zero-order valence-corrected chi connectivity index (χ0v) is 17.4. The Hall–Kier alpha value is -2.01. The summed E-state index contributed by atoms with van der Waals surface area (Å²) in [5.74, 6) is 0.407. The van der Waals surface area contributed by atoms with E-state index >= 15 is 0 Å². The Morgan fingerprint density at radius 2 is 1.54 bits per heavy atom. The van der Waals surface area contributed by atoms with Crippen LogP contribution in [0.3, 0.4) is 0 Å². The lowest BCUT2D eigenvalue weighted by Crippen LogP contribution is -2.17. The molecule has 0 saturated carbocycles. The molecule has 3 rings (SSSR count). The first-order valence-electron chi connectivity index (χ1n) is 8.81. The molecule has 26 heavy (non-hydrogen) atoms. The SMILES string of the molecule is Cn1cnc2ccc(Sc3cc(C(C)(C)C)c(O)c(C(C)(C)C)c3)nc21. The van der Waals surface area contributed by atoms with Crippen LogP contribution in [0.25, 0.3) is 11.2 Å². The average Bonchev–Trinajstić information content (AvgIpc) is 2.88. The molecular formula is C21H27N3OS. The fourth-order valence-corrected chi connectivity index (χ4v) is 3.84. The summed E-state index contributed by atoms with van der Waals surface area (Å²) in [5.41, 5.74) is 3.43. The van der Waals surface area contributed by atoms with E-state index in [1.54, 1.807) is 18.1 Å². The highest BCUT2D eigenvalue weighted by Crippen LogP contribution is 2.42. The second kappa shape index (κ2) is 6.31. The van der Waals surface area contributed by atoms with Crippen molar-refractivity contribution >= 4 is 22.9 Å². The number of hydrogen-bond donors (Lipinski definition) is 1. The zero-order valence-electron chi connectivity index (χ0n) is 16.6. The Balaban J connectivity index is 2.09. The van der Waals surface area contributed by atoms with E-state index in [1.807, 2.05) is 23.7 Å². The molecule has 0 aliphatic heterocycles. The Labute approximate surface area is 159 Å². The van der Waals surface area contributed by atoms with Crippen molar-refractivity contribution in [3.05, 3.63) is 41.7 Å². The first-order chi connectivity index (χ1) is 12.0. The molecule has 0 unspecified atom stereocenters. The number of phenolic OH excluding ortho intramolecular Hbond substituents is 1. The van der Waals surface area contributed by atoms with E-state index in [2.05, 4.69) is 58.7 Å². The van der Waals surface area contributed by atoms with Gasteiger partial charge in [-0.2, -0.15) is 0 Å². The minimum absolute atomic E-state index is 0.139. The van der Waals surface area contributed by atoms with Gasteiger partial charge in [0.25, 0.3) is 0 Å². The van der Waals surface area contributed by atoms with Crippen molar-refractivity contribution in [2.24, 2.45) is 7.05 Å². The molecule has 1 N–H and O–H groups in total. The third-order valence-electron chi connectivity index (χ3n) is 4.45. The van der Waals surface area contributed by atoms with Crippen LogP contribution in [0.2, 0.25) is 0 Å². The van der Waals surface area contributed by atoms with Gasteiger partial charge in [0, 0.05) is 23.1 Å². The van der Waals surface area contributed by atoms with Gasteiger partial charge >= 0.3 is 0 Å². The van der Waals surface area contributed by atoms with Crippen LogP contribution in [0.1, 0.15) is 52.7 Å². The number of imidazole rings is 1. The molecule has 0 radical (unpaired) electrons. The van der Waals surface area contributed by atoms with Crippen LogP contribution in [0.15, 0.2) is 40.5 Å². The standard InChI is InChI=1S/C21H27N3OS/c1-20(2,3)14-10-13(11-15(18(14)25)21(4,5)6)26-17-9-8-16-19(23-17)24(7)12-22-16/h8-12,25H,1-7H3. The maximum atomic E-state index is 10.9. The van der Waals surface area contributed by atoms with Gasteiger partial charge in [-0.15, -0.1) is 0 Å². The smallest absolute Gasteiger partial charge is 0.160 e. The Morgan fingerprint density at radius 3 is 2.08 bits per heavy atom. The number of aryl methyl sites for hydroxylation is 1. The van der Waals surface area contributed by atoms with E-state index in [-0.39, 0.29) is 10.8 Å². The summed E-state index contributed by atoms with van der Waals surface area (Å²) < 4.78 is 1.93. The molecule has 0 aliphatic rings. The molecule has 138 valence electrons. The second-order valence-electron chi connectivity index (χ2n) is 8.82. The van der Waals surface area contributed by atoms with Crippen LogP contribution in [0.5, 0.6) is 5.75 Å². The van der Waals surface area contributed by atoms with Gasteiger partial charge in [-0.3, -0.25) is 0 Å².